The van der Waals surface area contributed by atoms with Crippen LogP contribution in [0.2, 0.25) is 0 Å². The number of rotatable bonds is 2. The lowest BCUT2D eigenvalue weighted by Crippen LogP contribution is -2.53. The van der Waals surface area contributed by atoms with Crippen LogP contribution in [0.15, 0.2) is 0 Å². The molecule has 1 saturated heterocycles. The number of hydrogen-bond acceptors (Lipinski definition) is 3. The number of carbonyl (C=O) groups excluding carboxylic acids is 2. The molecule has 4 heteroatoms. The van der Waals surface area contributed by atoms with E-state index in [1.54, 1.807) is 13.8 Å². The van der Waals surface area contributed by atoms with Crippen molar-refractivity contribution in [2.45, 2.75) is 45.1 Å². The molecule has 0 aliphatic carbocycles. The van der Waals surface area contributed by atoms with Gasteiger partial charge in [-0.1, -0.05) is 6.92 Å². The molecular formula is C10H14N2O2. The molecule has 76 valence electrons. The van der Waals surface area contributed by atoms with Crippen molar-refractivity contribution in [3.8, 4) is 6.07 Å². The quantitative estimate of drug-likeness (QED) is 0.621. The van der Waals surface area contributed by atoms with Gasteiger partial charge in [-0.15, -0.1) is 0 Å². The highest BCUT2D eigenvalue weighted by Crippen LogP contribution is 2.25. The fraction of sp³-hybridized carbons (Fsp3) is 0.700. The number of amides is 2. The van der Waals surface area contributed by atoms with Crippen LogP contribution in [0.1, 0.15) is 39.5 Å². The standard InChI is InChI=1S/C10H14N2O2/c1-3-10(2,7-11)12-8(13)5-4-6-9(12)14/h3-6H2,1-2H3. The minimum Gasteiger partial charge on any atom is -0.274 e. The van der Waals surface area contributed by atoms with Crippen molar-refractivity contribution in [3.05, 3.63) is 0 Å². The topological polar surface area (TPSA) is 61.2 Å². The molecule has 14 heavy (non-hydrogen) atoms. The number of nitriles is 1. The summed E-state index contributed by atoms with van der Waals surface area (Å²) in [4.78, 5) is 24.2. The molecule has 1 unspecified atom stereocenters. The molecule has 0 aromatic rings. The Morgan fingerprint density at radius 3 is 2.29 bits per heavy atom. The van der Waals surface area contributed by atoms with Crippen LogP contribution in [-0.4, -0.2) is 22.3 Å². The summed E-state index contributed by atoms with van der Waals surface area (Å²) in [5.74, 6) is -0.431. The first-order valence-corrected chi connectivity index (χ1v) is 4.82. The number of likely N-dealkylation sites (tertiary alicyclic amines) is 1. The van der Waals surface area contributed by atoms with Gasteiger partial charge in [-0.2, -0.15) is 5.26 Å². The zero-order chi connectivity index (χ0) is 10.8. The predicted molar refractivity (Wildman–Crippen MR) is 50.0 cm³/mol. The number of piperidine rings is 1. The Morgan fingerprint density at radius 1 is 1.43 bits per heavy atom. The Labute approximate surface area is 83.5 Å². The molecule has 1 rings (SSSR count). The Bertz CT molecular complexity index is 290. The van der Waals surface area contributed by atoms with Crippen molar-refractivity contribution < 1.29 is 9.59 Å². The van der Waals surface area contributed by atoms with Crippen molar-refractivity contribution in [2.24, 2.45) is 0 Å². The highest BCUT2D eigenvalue weighted by atomic mass is 16.2. The van der Waals surface area contributed by atoms with Gasteiger partial charge in [0.05, 0.1) is 6.07 Å². The predicted octanol–water partition coefficient (Wildman–Crippen LogP) is 1.22. The summed E-state index contributed by atoms with van der Waals surface area (Å²) in [6.45, 7) is 3.44. The SMILES string of the molecule is CCC(C)(C#N)N1C(=O)CCCC1=O. The van der Waals surface area contributed by atoms with Crippen molar-refractivity contribution in [1.29, 1.82) is 5.26 Å². The molecular weight excluding hydrogens is 180 g/mol. The van der Waals surface area contributed by atoms with Gasteiger partial charge in [0.2, 0.25) is 11.8 Å². The van der Waals surface area contributed by atoms with Crippen molar-refractivity contribution in [2.75, 3.05) is 0 Å². The Morgan fingerprint density at radius 2 is 1.93 bits per heavy atom. The van der Waals surface area contributed by atoms with Crippen LogP contribution in [0.3, 0.4) is 0 Å². The third-order valence-electron chi connectivity index (χ3n) is 2.70. The zero-order valence-corrected chi connectivity index (χ0v) is 8.54. The molecule has 1 atom stereocenters. The van der Waals surface area contributed by atoms with Crippen LogP contribution < -0.4 is 0 Å². The molecule has 1 aliphatic heterocycles. The van der Waals surface area contributed by atoms with E-state index in [1.807, 2.05) is 6.07 Å². The summed E-state index contributed by atoms with van der Waals surface area (Å²) in [6.07, 6.45) is 1.84. The number of hydrogen-bond donors (Lipinski definition) is 0. The van der Waals surface area contributed by atoms with Gasteiger partial charge in [0.1, 0.15) is 5.54 Å². The molecule has 0 aromatic heterocycles. The number of imide groups is 1. The maximum Gasteiger partial charge on any atom is 0.230 e. The third kappa shape index (κ3) is 1.63. The first-order chi connectivity index (χ1) is 6.55. The molecule has 2 amide bonds. The van der Waals surface area contributed by atoms with E-state index in [9.17, 15) is 9.59 Å². The van der Waals surface area contributed by atoms with Gasteiger partial charge in [-0.25, -0.2) is 0 Å². The van der Waals surface area contributed by atoms with Gasteiger partial charge in [-0.3, -0.25) is 14.5 Å². The second kappa shape index (κ2) is 3.79. The second-order valence-electron chi connectivity index (χ2n) is 3.72. The first kappa shape index (κ1) is 10.7. The van der Waals surface area contributed by atoms with Crippen LogP contribution in [0.25, 0.3) is 0 Å². The average Bonchev–Trinajstić information content (AvgIpc) is 2.17. The smallest absolute Gasteiger partial charge is 0.230 e. The van der Waals surface area contributed by atoms with Crippen molar-refractivity contribution in [3.63, 3.8) is 0 Å². The van der Waals surface area contributed by atoms with E-state index in [4.69, 9.17) is 5.26 Å². The van der Waals surface area contributed by atoms with Crippen molar-refractivity contribution >= 4 is 11.8 Å². The largest absolute Gasteiger partial charge is 0.274 e. The Kier molecular flexibility index (Phi) is 2.90. The molecule has 0 spiro atoms. The summed E-state index contributed by atoms with van der Waals surface area (Å²) in [6, 6.07) is 2.04. The van der Waals surface area contributed by atoms with E-state index in [2.05, 4.69) is 0 Å². The van der Waals surface area contributed by atoms with Crippen molar-refractivity contribution in [1.82, 2.24) is 4.90 Å². The minimum atomic E-state index is -0.964. The second-order valence-corrected chi connectivity index (χ2v) is 3.72. The van der Waals surface area contributed by atoms with Gasteiger partial charge in [-0.05, 0) is 19.8 Å². The Hall–Kier alpha value is -1.37. The first-order valence-electron chi connectivity index (χ1n) is 4.82. The lowest BCUT2D eigenvalue weighted by atomic mass is 9.94. The molecule has 0 bridgehead atoms. The van der Waals surface area contributed by atoms with E-state index in [0.29, 0.717) is 25.7 Å². The van der Waals surface area contributed by atoms with E-state index in [-0.39, 0.29) is 11.8 Å². The number of nitrogens with zero attached hydrogens (tertiary/aromatic N) is 2. The fourth-order valence-electron chi connectivity index (χ4n) is 1.59. The maximum absolute atomic E-state index is 11.5. The average molecular weight is 194 g/mol. The van der Waals surface area contributed by atoms with Crippen LogP contribution in [-0.2, 0) is 9.59 Å². The summed E-state index contributed by atoms with van der Waals surface area (Å²) in [7, 11) is 0. The van der Waals surface area contributed by atoms with E-state index in [1.165, 1.54) is 0 Å². The molecule has 1 fully saturated rings. The van der Waals surface area contributed by atoms with Crippen LogP contribution >= 0.6 is 0 Å². The van der Waals surface area contributed by atoms with Gasteiger partial charge < -0.3 is 0 Å². The summed E-state index contributed by atoms with van der Waals surface area (Å²) < 4.78 is 0. The monoisotopic (exact) mass is 194 g/mol. The van der Waals surface area contributed by atoms with Crippen LogP contribution in [0.5, 0.6) is 0 Å². The normalized spacial score (nSPS) is 21.6. The van der Waals surface area contributed by atoms with Gasteiger partial charge in [0.15, 0.2) is 0 Å². The molecule has 0 radical (unpaired) electrons. The highest BCUT2D eigenvalue weighted by Gasteiger charge is 2.40. The van der Waals surface area contributed by atoms with Gasteiger partial charge in [0, 0.05) is 12.8 Å². The number of carbonyl (C=O) groups is 2. The highest BCUT2D eigenvalue weighted by molar-refractivity contribution is 5.98. The summed E-state index contributed by atoms with van der Waals surface area (Å²) in [5.41, 5.74) is -0.964. The zero-order valence-electron chi connectivity index (χ0n) is 8.54. The lowest BCUT2D eigenvalue weighted by Gasteiger charge is -2.36. The van der Waals surface area contributed by atoms with E-state index < -0.39 is 5.54 Å². The van der Waals surface area contributed by atoms with Gasteiger partial charge >= 0.3 is 0 Å². The molecule has 1 heterocycles. The lowest BCUT2D eigenvalue weighted by molar-refractivity contribution is -0.153. The van der Waals surface area contributed by atoms with E-state index in [0.717, 1.165) is 4.90 Å². The molecule has 4 nitrogen and oxygen atoms in total. The van der Waals surface area contributed by atoms with Crippen LogP contribution in [0.4, 0.5) is 0 Å². The Balaban J connectivity index is 2.99. The minimum absolute atomic E-state index is 0.216. The molecule has 0 saturated carbocycles. The van der Waals surface area contributed by atoms with E-state index >= 15 is 0 Å². The molecule has 0 N–H and O–H groups in total. The summed E-state index contributed by atoms with van der Waals surface area (Å²) in [5, 5.41) is 8.98. The summed E-state index contributed by atoms with van der Waals surface area (Å²) >= 11 is 0. The van der Waals surface area contributed by atoms with Crippen LogP contribution in [0, 0.1) is 11.3 Å². The molecule has 0 aromatic carbocycles. The maximum atomic E-state index is 11.5. The third-order valence-corrected chi connectivity index (χ3v) is 2.70. The van der Waals surface area contributed by atoms with Gasteiger partial charge in [0.25, 0.3) is 0 Å². The molecule has 1 aliphatic rings. The fourth-order valence-corrected chi connectivity index (χ4v) is 1.59.